The Labute approximate surface area is 117 Å². The average molecular weight is 281 g/mol. The van der Waals surface area contributed by atoms with E-state index < -0.39 is 0 Å². The summed E-state index contributed by atoms with van der Waals surface area (Å²) in [6.45, 7) is 0.807. The zero-order chi connectivity index (χ0) is 13.0. The van der Waals surface area contributed by atoms with Gasteiger partial charge in [-0.15, -0.1) is 0 Å². The van der Waals surface area contributed by atoms with Gasteiger partial charge in [0.05, 0.1) is 19.3 Å². The lowest BCUT2D eigenvalue weighted by atomic mass is 10.1. The third-order valence-electron chi connectivity index (χ3n) is 2.59. The van der Waals surface area contributed by atoms with Gasteiger partial charge in [-0.25, -0.2) is 4.68 Å². The molecule has 1 aromatic carbocycles. The van der Waals surface area contributed by atoms with Crippen molar-refractivity contribution in [2.24, 2.45) is 5.73 Å². The lowest BCUT2D eigenvalue weighted by Crippen LogP contribution is -3.00. The maximum Gasteiger partial charge on any atom is 0.266 e. The van der Waals surface area contributed by atoms with Crippen molar-refractivity contribution < 1.29 is 17.1 Å². The summed E-state index contributed by atoms with van der Waals surface area (Å²) in [5.41, 5.74) is 6.97. The van der Waals surface area contributed by atoms with Crippen LogP contribution in [0, 0.1) is 0 Å². The van der Waals surface area contributed by atoms with Gasteiger partial charge in [-0.3, -0.25) is 4.79 Å². The van der Waals surface area contributed by atoms with Crippen molar-refractivity contribution in [2.45, 2.75) is 6.54 Å². The summed E-state index contributed by atoms with van der Waals surface area (Å²) in [5.74, 6) is 0.786. The topological polar surface area (TPSA) is 70.1 Å². The molecule has 5 nitrogen and oxygen atoms in total. The molecule has 0 saturated heterocycles. The van der Waals surface area contributed by atoms with Crippen LogP contribution in [0.3, 0.4) is 0 Å². The van der Waals surface area contributed by atoms with Gasteiger partial charge in [-0.1, -0.05) is 0 Å². The Morgan fingerprint density at radius 3 is 2.47 bits per heavy atom. The van der Waals surface area contributed by atoms with Crippen LogP contribution in [0.15, 0.2) is 41.2 Å². The predicted molar refractivity (Wildman–Crippen MR) is 69.5 cm³/mol. The van der Waals surface area contributed by atoms with Gasteiger partial charge in [0.2, 0.25) is 0 Å². The van der Waals surface area contributed by atoms with Crippen LogP contribution in [-0.4, -0.2) is 23.4 Å². The van der Waals surface area contributed by atoms with E-state index in [0.717, 1.165) is 17.0 Å². The van der Waals surface area contributed by atoms with Crippen LogP contribution >= 0.6 is 0 Å². The van der Waals surface area contributed by atoms with E-state index in [4.69, 9.17) is 10.5 Å². The first-order valence-electron chi connectivity index (χ1n) is 5.67. The van der Waals surface area contributed by atoms with Crippen LogP contribution in [0.2, 0.25) is 0 Å². The zero-order valence-corrected chi connectivity index (χ0v) is 11.3. The second-order valence-corrected chi connectivity index (χ2v) is 3.80. The highest BCUT2D eigenvalue weighted by molar-refractivity contribution is 5.59. The van der Waals surface area contributed by atoms with Crippen LogP contribution in [0.4, 0.5) is 0 Å². The summed E-state index contributed by atoms with van der Waals surface area (Å²) >= 11 is 0. The van der Waals surface area contributed by atoms with Crippen LogP contribution in [-0.2, 0) is 6.54 Å². The van der Waals surface area contributed by atoms with Crippen LogP contribution in [0.1, 0.15) is 0 Å². The molecule has 0 radical (unpaired) electrons. The van der Waals surface area contributed by atoms with Gasteiger partial charge in [0.1, 0.15) is 5.75 Å². The molecule has 0 unspecified atom stereocenters. The fourth-order valence-corrected chi connectivity index (χ4v) is 1.65. The van der Waals surface area contributed by atoms with Crippen molar-refractivity contribution in [1.82, 2.24) is 9.78 Å². The average Bonchev–Trinajstić information content (AvgIpc) is 2.42. The molecule has 1 heterocycles. The Morgan fingerprint density at radius 1 is 1.21 bits per heavy atom. The maximum atomic E-state index is 11.5. The van der Waals surface area contributed by atoms with Crippen molar-refractivity contribution in [3.63, 3.8) is 0 Å². The monoisotopic (exact) mass is 280 g/mol. The fraction of sp³-hybridized carbons (Fsp3) is 0.231. The smallest absolute Gasteiger partial charge is 0.266 e. The molecule has 0 saturated carbocycles. The molecule has 2 aromatic rings. The zero-order valence-electron chi connectivity index (χ0n) is 10.5. The molecule has 0 aliphatic carbocycles. The van der Waals surface area contributed by atoms with Gasteiger partial charge in [0, 0.05) is 18.2 Å². The molecule has 0 spiro atoms. The number of nitrogens with zero attached hydrogens (tertiary/aromatic N) is 2. The van der Waals surface area contributed by atoms with Crippen LogP contribution in [0.25, 0.3) is 11.3 Å². The Kier molecular flexibility index (Phi) is 5.54. The number of hydrogen-bond acceptors (Lipinski definition) is 4. The molecule has 0 aliphatic rings. The van der Waals surface area contributed by atoms with Gasteiger partial charge in [0.15, 0.2) is 0 Å². The van der Waals surface area contributed by atoms with Crippen molar-refractivity contribution >= 4 is 0 Å². The number of hydrogen-bond donors (Lipinski definition) is 1. The molecule has 19 heavy (non-hydrogen) atoms. The minimum Gasteiger partial charge on any atom is -1.00 e. The molecule has 6 heteroatoms. The number of rotatable bonds is 4. The molecule has 2 rings (SSSR count). The molecule has 0 amide bonds. The van der Waals surface area contributed by atoms with Gasteiger partial charge in [-0.2, -0.15) is 5.10 Å². The number of halogens is 1. The van der Waals surface area contributed by atoms with E-state index in [2.05, 4.69) is 5.10 Å². The molecule has 0 bridgehead atoms. The Morgan fingerprint density at radius 2 is 1.89 bits per heavy atom. The van der Waals surface area contributed by atoms with Crippen LogP contribution in [0.5, 0.6) is 5.75 Å². The second-order valence-electron chi connectivity index (χ2n) is 3.80. The number of benzene rings is 1. The molecular formula is C13H15ClN3O2-. The summed E-state index contributed by atoms with van der Waals surface area (Å²) in [5, 5.41) is 4.27. The van der Waals surface area contributed by atoms with E-state index in [9.17, 15) is 4.79 Å². The summed E-state index contributed by atoms with van der Waals surface area (Å²) in [7, 11) is 1.62. The van der Waals surface area contributed by atoms with Crippen molar-refractivity contribution in [3.05, 3.63) is 46.8 Å². The van der Waals surface area contributed by atoms with Gasteiger partial charge >= 0.3 is 0 Å². The summed E-state index contributed by atoms with van der Waals surface area (Å²) < 4.78 is 6.47. The van der Waals surface area contributed by atoms with Gasteiger partial charge in [0.25, 0.3) is 5.56 Å². The molecule has 2 N–H and O–H groups in total. The van der Waals surface area contributed by atoms with Crippen molar-refractivity contribution in [1.29, 1.82) is 0 Å². The van der Waals surface area contributed by atoms with E-state index in [1.807, 2.05) is 24.3 Å². The largest absolute Gasteiger partial charge is 1.00 e. The summed E-state index contributed by atoms with van der Waals surface area (Å²) in [6.07, 6.45) is 0. The quantitative estimate of drug-likeness (QED) is 0.695. The second kappa shape index (κ2) is 6.92. The van der Waals surface area contributed by atoms with E-state index >= 15 is 0 Å². The number of ether oxygens (including phenoxy) is 1. The molecular weight excluding hydrogens is 266 g/mol. The van der Waals surface area contributed by atoms with Crippen molar-refractivity contribution in [2.75, 3.05) is 13.7 Å². The van der Waals surface area contributed by atoms with E-state index in [1.54, 1.807) is 13.2 Å². The Hall–Kier alpha value is -1.85. The molecule has 0 aliphatic heterocycles. The SMILES string of the molecule is COc1ccc(-c2ccc(=O)n(CCN)n2)cc1.[Cl-]. The number of aromatic nitrogens is 2. The third-order valence-corrected chi connectivity index (χ3v) is 2.59. The normalized spacial score (nSPS) is 9.79. The van der Waals surface area contributed by atoms with Crippen molar-refractivity contribution in [3.8, 4) is 17.0 Å². The van der Waals surface area contributed by atoms with E-state index in [1.165, 1.54) is 10.7 Å². The maximum absolute atomic E-state index is 11.5. The first-order valence-corrected chi connectivity index (χ1v) is 5.67. The number of nitrogens with two attached hydrogens (primary N) is 1. The molecule has 1 aromatic heterocycles. The number of methoxy groups -OCH3 is 1. The molecule has 0 fully saturated rings. The highest BCUT2D eigenvalue weighted by atomic mass is 35.5. The van der Waals surface area contributed by atoms with Gasteiger partial charge in [-0.05, 0) is 30.3 Å². The lowest BCUT2D eigenvalue weighted by Gasteiger charge is -2.06. The summed E-state index contributed by atoms with van der Waals surface area (Å²) in [6, 6.07) is 10.7. The standard InChI is InChI=1S/C13H15N3O2.ClH/c1-18-11-4-2-10(3-5-11)12-6-7-13(17)16(15-12)9-8-14;/h2-7H,8-9,14H2,1H3;1H/p-1. The Balaban J connectivity index is 0.00000180. The first kappa shape index (κ1) is 15.2. The highest BCUT2D eigenvalue weighted by Crippen LogP contribution is 2.19. The fourth-order valence-electron chi connectivity index (χ4n) is 1.65. The molecule has 102 valence electrons. The van der Waals surface area contributed by atoms with E-state index in [0.29, 0.717) is 13.1 Å². The predicted octanol–water partition coefficient (Wildman–Crippen LogP) is -2.12. The summed E-state index contributed by atoms with van der Waals surface area (Å²) in [4.78, 5) is 11.5. The lowest BCUT2D eigenvalue weighted by molar-refractivity contribution is -0.00000419. The minimum absolute atomic E-state index is 0. The highest BCUT2D eigenvalue weighted by Gasteiger charge is 2.03. The van der Waals surface area contributed by atoms with Gasteiger partial charge < -0.3 is 22.9 Å². The minimum atomic E-state index is -0.141. The third kappa shape index (κ3) is 3.56. The Bertz CT molecular complexity index is 581. The molecule has 0 atom stereocenters. The van der Waals surface area contributed by atoms with Crippen LogP contribution < -0.4 is 28.4 Å². The van der Waals surface area contributed by atoms with E-state index in [-0.39, 0.29) is 18.0 Å². The first-order chi connectivity index (χ1) is 8.74.